The quantitative estimate of drug-likeness (QED) is 0.845. The lowest BCUT2D eigenvalue weighted by Gasteiger charge is -2.10. The van der Waals surface area contributed by atoms with E-state index in [0.717, 1.165) is 5.56 Å². The molecule has 5 heteroatoms. The zero-order chi connectivity index (χ0) is 12.8. The van der Waals surface area contributed by atoms with Crippen LogP contribution in [0.25, 0.3) is 0 Å². The summed E-state index contributed by atoms with van der Waals surface area (Å²) in [5.74, 6) is 0.508. The van der Waals surface area contributed by atoms with Crippen molar-refractivity contribution < 1.29 is 9.53 Å². The Labute approximate surface area is 106 Å². The fourth-order valence-corrected chi connectivity index (χ4v) is 1.54. The topological polar surface area (TPSA) is 64.3 Å². The van der Waals surface area contributed by atoms with E-state index in [1.807, 2.05) is 13.0 Å². The molecule has 0 aliphatic carbocycles. The summed E-state index contributed by atoms with van der Waals surface area (Å²) < 4.78 is 5.41. The van der Waals surface area contributed by atoms with Gasteiger partial charge in [0.15, 0.2) is 0 Å². The van der Waals surface area contributed by atoms with Crippen LogP contribution in [0, 0.1) is 0 Å². The summed E-state index contributed by atoms with van der Waals surface area (Å²) in [7, 11) is 1.59. The number of hydrogen-bond donors (Lipinski definition) is 2. The second-order valence-corrected chi connectivity index (χ2v) is 4.16. The number of nitrogens with one attached hydrogen (secondary N) is 1. The highest BCUT2D eigenvalue weighted by atomic mass is 35.5. The van der Waals surface area contributed by atoms with Crippen molar-refractivity contribution in [2.75, 3.05) is 13.7 Å². The van der Waals surface area contributed by atoms with Gasteiger partial charge in [0, 0.05) is 13.1 Å². The normalized spacial score (nSPS) is 12.0. The Morgan fingerprint density at radius 1 is 1.59 bits per heavy atom. The molecule has 0 bridgehead atoms. The van der Waals surface area contributed by atoms with Gasteiger partial charge in [0.2, 0.25) is 5.91 Å². The monoisotopic (exact) mass is 256 g/mol. The first-order valence-electron chi connectivity index (χ1n) is 5.43. The summed E-state index contributed by atoms with van der Waals surface area (Å²) in [6.45, 7) is 2.19. The van der Waals surface area contributed by atoms with Crippen LogP contribution in [-0.4, -0.2) is 19.6 Å². The molecular formula is C12H17ClN2O2. The Bertz CT molecular complexity index is 394. The van der Waals surface area contributed by atoms with Crippen molar-refractivity contribution in [3.63, 3.8) is 0 Å². The lowest BCUT2D eigenvalue weighted by molar-refractivity contribution is -0.121. The third-order valence-electron chi connectivity index (χ3n) is 2.35. The van der Waals surface area contributed by atoms with Gasteiger partial charge in [-0.2, -0.15) is 0 Å². The highest BCUT2D eigenvalue weighted by Crippen LogP contribution is 2.27. The summed E-state index contributed by atoms with van der Waals surface area (Å²) in [6.07, 6.45) is 0.307. The molecular weight excluding hydrogens is 240 g/mol. The number of rotatable bonds is 5. The van der Waals surface area contributed by atoms with Crippen LogP contribution < -0.4 is 15.8 Å². The standard InChI is InChI=1S/C12H17ClN2O2/c1-8(14)9-3-4-11(10(13)7-9)17-6-5-12(16)15-2/h3-4,7-8H,5-6,14H2,1-2H3,(H,15,16)/t8-/m1/s1. The van der Waals surface area contributed by atoms with Gasteiger partial charge in [0.05, 0.1) is 18.1 Å². The molecule has 0 aromatic heterocycles. The fraction of sp³-hybridized carbons (Fsp3) is 0.417. The predicted molar refractivity (Wildman–Crippen MR) is 68.2 cm³/mol. The van der Waals surface area contributed by atoms with Crippen molar-refractivity contribution in [2.24, 2.45) is 5.73 Å². The number of nitrogens with two attached hydrogens (primary N) is 1. The smallest absolute Gasteiger partial charge is 0.223 e. The van der Waals surface area contributed by atoms with Gasteiger partial charge in [0.25, 0.3) is 0 Å². The van der Waals surface area contributed by atoms with E-state index in [1.54, 1.807) is 19.2 Å². The molecule has 1 amide bonds. The number of amides is 1. The minimum absolute atomic E-state index is 0.0617. The van der Waals surface area contributed by atoms with E-state index >= 15 is 0 Å². The van der Waals surface area contributed by atoms with Crippen LogP contribution >= 0.6 is 11.6 Å². The van der Waals surface area contributed by atoms with Crippen molar-refractivity contribution in [1.82, 2.24) is 5.32 Å². The van der Waals surface area contributed by atoms with Gasteiger partial charge in [-0.05, 0) is 24.6 Å². The van der Waals surface area contributed by atoms with Crippen LogP contribution in [0.4, 0.5) is 0 Å². The first-order valence-corrected chi connectivity index (χ1v) is 5.80. The van der Waals surface area contributed by atoms with Gasteiger partial charge in [-0.15, -0.1) is 0 Å². The minimum Gasteiger partial charge on any atom is -0.491 e. The van der Waals surface area contributed by atoms with E-state index < -0.39 is 0 Å². The molecule has 0 aliphatic rings. The zero-order valence-corrected chi connectivity index (χ0v) is 10.8. The van der Waals surface area contributed by atoms with Crippen molar-refractivity contribution in [3.8, 4) is 5.75 Å². The number of hydrogen-bond acceptors (Lipinski definition) is 3. The molecule has 0 spiro atoms. The molecule has 4 nitrogen and oxygen atoms in total. The van der Waals surface area contributed by atoms with Crippen LogP contribution in [0.3, 0.4) is 0 Å². The van der Waals surface area contributed by atoms with Gasteiger partial charge in [-0.1, -0.05) is 17.7 Å². The third kappa shape index (κ3) is 4.24. The molecule has 1 aromatic carbocycles. The second kappa shape index (κ2) is 6.47. The molecule has 17 heavy (non-hydrogen) atoms. The van der Waals surface area contributed by atoms with Gasteiger partial charge >= 0.3 is 0 Å². The molecule has 0 fully saturated rings. The van der Waals surface area contributed by atoms with E-state index in [-0.39, 0.29) is 11.9 Å². The Morgan fingerprint density at radius 3 is 2.82 bits per heavy atom. The molecule has 1 atom stereocenters. The van der Waals surface area contributed by atoms with Crippen LogP contribution in [0.15, 0.2) is 18.2 Å². The molecule has 0 unspecified atom stereocenters. The zero-order valence-electron chi connectivity index (χ0n) is 10.00. The molecule has 1 rings (SSSR count). The van der Waals surface area contributed by atoms with E-state index in [0.29, 0.717) is 23.8 Å². The number of halogens is 1. The molecule has 0 radical (unpaired) electrons. The summed E-state index contributed by atoms with van der Waals surface area (Å²) in [6, 6.07) is 5.35. The van der Waals surface area contributed by atoms with E-state index in [1.165, 1.54) is 0 Å². The fourth-order valence-electron chi connectivity index (χ4n) is 1.30. The second-order valence-electron chi connectivity index (χ2n) is 3.75. The van der Waals surface area contributed by atoms with Crippen molar-refractivity contribution in [3.05, 3.63) is 28.8 Å². The highest BCUT2D eigenvalue weighted by molar-refractivity contribution is 6.32. The molecule has 0 aliphatic heterocycles. The molecule has 94 valence electrons. The van der Waals surface area contributed by atoms with Gasteiger partial charge in [-0.25, -0.2) is 0 Å². The Kier molecular flexibility index (Phi) is 5.25. The van der Waals surface area contributed by atoms with E-state index in [9.17, 15) is 4.79 Å². The summed E-state index contributed by atoms with van der Waals surface area (Å²) in [5.41, 5.74) is 6.69. The number of benzene rings is 1. The highest BCUT2D eigenvalue weighted by Gasteiger charge is 2.06. The Morgan fingerprint density at radius 2 is 2.29 bits per heavy atom. The largest absolute Gasteiger partial charge is 0.491 e. The SMILES string of the molecule is CNC(=O)CCOc1ccc([C@@H](C)N)cc1Cl. The van der Waals surface area contributed by atoms with Gasteiger partial charge in [-0.3, -0.25) is 4.79 Å². The van der Waals surface area contributed by atoms with Crippen LogP contribution in [0.5, 0.6) is 5.75 Å². The number of carbonyl (C=O) groups excluding carboxylic acids is 1. The average Bonchev–Trinajstić information content (AvgIpc) is 2.30. The van der Waals surface area contributed by atoms with Crippen LogP contribution in [0.2, 0.25) is 5.02 Å². The van der Waals surface area contributed by atoms with Crippen LogP contribution in [0.1, 0.15) is 24.9 Å². The molecule has 0 saturated carbocycles. The Hall–Kier alpha value is -1.26. The van der Waals surface area contributed by atoms with E-state index in [2.05, 4.69) is 5.32 Å². The predicted octanol–water partition coefficient (Wildman–Crippen LogP) is 1.87. The lowest BCUT2D eigenvalue weighted by Crippen LogP contribution is -2.20. The minimum atomic E-state index is -0.0626. The summed E-state index contributed by atoms with van der Waals surface area (Å²) >= 11 is 6.04. The van der Waals surface area contributed by atoms with E-state index in [4.69, 9.17) is 22.1 Å². The number of carbonyl (C=O) groups is 1. The Balaban J connectivity index is 2.57. The van der Waals surface area contributed by atoms with Crippen molar-refractivity contribution >= 4 is 17.5 Å². The molecule has 0 heterocycles. The van der Waals surface area contributed by atoms with Gasteiger partial charge < -0.3 is 15.8 Å². The first-order chi connectivity index (χ1) is 8.04. The van der Waals surface area contributed by atoms with Crippen LogP contribution in [-0.2, 0) is 4.79 Å². The summed E-state index contributed by atoms with van der Waals surface area (Å²) in [4.78, 5) is 11.0. The van der Waals surface area contributed by atoms with Gasteiger partial charge in [0.1, 0.15) is 5.75 Å². The molecule has 1 aromatic rings. The number of ether oxygens (including phenoxy) is 1. The maximum absolute atomic E-state index is 11.0. The van der Waals surface area contributed by atoms with Crippen molar-refractivity contribution in [2.45, 2.75) is 19.4 Å². The lowest BCUT2D eigenvalue weighted by atomic mass is 10.1. The van der Waals surface area contributed by atoms with Crippen molar-refractivity contribution in [1.29, 1.82) is 0 Å². The third-order valence-corrected chi connectivity index (χ3v) is 2.64. The molecule has 0 saturated heterocycles. The maximum Gasteiger partial charge on any atom is 0.223 e. The first kappa shape index (κ1) is 13.8. The maximum atomic E-state index is 11.0. The summed E-state index contributed by atoms with van der Waals surface area (Å²) in [5, 5.41) is 3.03. The average molecular weight is 257 g/mol. The molecule has 3 N–H and O–H groups in total.